The molecule has 0 aliphatic rings. The summed E-state index contributed by atoms with van der Waals surface area (Å²) in [6.07, 6.45) is 0. The van der Waals surface area contributed by atoms with Crippen molar-refractivity contribution in [3.63, 3.8) is 0 Å². The Morgan fingerprint density at radius 3 is 2.74 bits per heavy atom. The van der Waals surface area contributed by atoms with Crippen LogP contribution in [0.1, 0.15) is 18.1 Å². The Hall–Kier alpha value is -2.87. The van der Waals surface area contributed by atoms with Crippen LogP contribution in [-0.4, -0.2) is 38.5 Å². The Labute approximate surface area is 162 Å². The second-order valence-corrected chi connectivity index (χ2v) is 7.39. The maximum atomic E-state index is 12.5. The number of aryl methyl sites for hydroxylation is 1. The smallest absolute Gasteiger partial charge is 0.237 e. The molecule has 2 aromatic carbocycles. The van der Waals surface area contributed by atoms with Gasteiger partial charge in [0.15, 0.2) is 0 Å². The van der Waals surface area contributed by atoms with Crippen LogP contribution < -0.4 is 10.1 Å². The predicted octanol–water partition coefficient (Wildman–Crippen LogP) is 3.16. The molecule has 140 valence electrons. The molecular formula is C19H21N5O2S. The van der Waals surface area contributed by atoms with E-state index in [1.165, 1.54) is 11.8 Å². The molecule has 1 heterocycles. The van der Waals surface area contributed by atoms with Gasteiger partial charge in [-0.3, -0.25) is 4.79 Å². The fourth-order valence-corrected chi connectivity index (χ4v) is 3.25. The zero-order valence-corrected chi connectivity index (χ0v) is 16.2. The summed E-state index contributed by atoms with van der Waals surface area (Å²) < 4.78 is 6.85. The van der Waals surface area contributed by atoms with Crippen molar-refractivity contribution in [2.24, 2.45) is 0 Å². The minimum Gasteiger partial charge on any atom is -0.497 e. The van der Waals surface area contributed by atoms with Gasteiger partial charge in [0, 0.05) is 5.69 Å². The van der Waals surface area contributed by atoms with Crippen molar-refractivity contribution in [3.05, 3.63) is 59.7 Å². The average Bonchev–Trinajstić information content (AvgIpc) is 3.09. The Morgan fingerprint density at radius 2 is 2.04 bits per heavy atom. The van der Waals surface area contributed by atoms with Crippen LogP contribution in [0.2, 0.25) is 0 Å². The number of benzene rings is 2. The normalized spacial score (nSPS) is 11.8. The maximum absolute atomic E-state index is 12.5. The van der Waals surface area contributed by atoms with Gasteiger partial charge in [-0.2, -0.15) is 0 Å². The van der Waals surface area contributed by atoms with Gasteiger partial charge < -0.3 is 10.1 Å². The molecule has 0 radical (unpaired) electrons. The summed E-state index contributed by atoms with van der Waals surface area (Å²) in [5, 5.41) is 15.0. The number of carbonyl (C=O) groups excluding carboxylic acids is 1. The van der Waals surface area contributed by atoms with E-state index in [0.717, 1.165) is 22.6 Å². The third-order valence-electron chi connectivity index (χ3n) is 3.93. The third-order valence-corrected chi connectivity index (χ3v) is 5.00. The summed E-state index contributed by atoms with van der Waals surface area (Å²) in [5.41, 5.74) is 2.92. The summed E-state index contributed by atoms with van der Waals surface area (Å²) in [6, 6.07) is 15.4. The Bertz CT molecular complexity index is 910. The monoisotopic (exact) mass is 383 g/mol. The lowest BCUT2D eigenvalue weighted by atomic mass is 10.2. The minimum absolute atomic E-state index is 0.0930. The highest BCUT2D eigenvalue weighted by atomic mass is 32.2. The topological polar surface area (TPSA) is 81.9 Å². The molecule has 0 bridgehead atoms. The van der Waals surface area contributed by atoms with Gasteiger partial charge in [0.1, 0.15) is 5.75 Å². The Balaban J connectivity index is 1.63. The number of nitrogens with one attached hydrogen (secondary N) is 1. The van der Waals surface area contributed by atoms with Crippen LogP contribution in [0.5, 0.6) is 5.75 Å². The van der Waals surface area contributed by atoms with Crippen molar-refractivity contribution in [1.29, 1.82) is 0 Å². The first-order valence-corrected chi connectivity index (χ1v) is 9.36. The molecule has 1 N–H and O–H groups in total. The van der Waals surface area contributed by atoms with Gasteiger partial charge in [0.05, 0.1) is 18.9 Å². The van der Waals surface area contributed by atoms with Crippen LogP contribution in [-0.2, 0) is 11.3 Å². The van der Waals surface area contributed by atoms with E-state index in [1.54, 1.807) is 11.8 Å². The quantitative estimate of drug-likeness (QED) is 0.631. The van der Waals surface area contributed by atoms with Gasteiger partial charge in [0.2, 0.25) is 11.1 Å². The summed E-state index contributed by atoms with van der Waals surface area (Å²) in [5.74, 6) is 0.705. The predicted molar refractivity (Wildman–Crippen MR) is 105 cm³/mol. The largest absolute Gasteiger partial charge is 0.497 e. The minimum atomic E-state index is -0.342. The van der Waals surface area contributed by atoms with Crippen LogP contribution in [0, 0.1) is 6.92 Å². The average molecular weight is 383 g/mol. The van der Waals surface area contributed by atoms with E-state index in [9.17, 15) is 4.79 Å². The number of tetrazole rings is 1. The lowest BCUT2D eigenvalue weighted by molar-refractivity contribution is -0.115. The Kier molecular flexibility index (Phi) is 6.08. The molecule has 1 unspecified atom stereocenters. The summed E-state index contributed by atoms with van der Waals surface area (Å²) in [7, 11) is 1.63. The van der Waals surface area contributed by atoms with Crippen LogP contribution in [0.3, 0.4) is 0 Å². The number of hydrogen-bond donors (Lipinski definition) is 1. The highest BCUT2D eigenvalue weighted by Gasteiger charge is 2.19. The number of nitrogens with zero attached hydrogens (tertiary/aromatic N) is 4. The van der Waals surface area contributed by atoms with Gasteiger partial charge in [-0.1, -0.05) is 36.0 Å². The standard InChI is InChI=1S/C19H21N5O2S/c1-13-5-4-6-16(11-13)20-18(25)14(2)27-19-21-22-23-24(19)12-15-7-9-17(26-3)10-8-15/h4-11,14H,12H2,1-3H3,(H,20,25). The molecule has 3 rings (SSSR count). The number of rotatable bonds is 7. The molecule has 0 spiro atoms. The van der Waals surface area contributed by atoms with Gasteiger partial charge in [-0.15, -0.1) is 5.10 Å². The number of aromatic nitrogens is 4. The van der Waals surface area contributed by atoms with Crippen LogP contribution in [0.15, 0.2) is 53.7 Å². The molecule has 8 heteroatoms. The van der Waals surface area contributed by atoms with Crippen LogP contribution in [0.25, 0.3) is 0 Å². The third kappa shape index (κ3) is 5.07. The van der Waals surface area contributed by atoms with E-state index in [-0.39, 0.29) is 11.2 Å². The van der Waals surface area contributed by atoms with Crippen molar-refractivity contribution in [2.75, 3.05) is 12.4 Å². The van der Waals surface area contributed by atoms with E-state index < -0.39 is 0 Å². The van der Waals surface area contributed by atoms with Crippen molar-refractivity contribution in [2.45, 2.75) is 30.8 Å². The molecular weight excluding hydrogens is 362 g/mol. The molecule has 1 aromatic heterocycles. The number of amides is 1. The summed E-state index contributed by atoms with van der Waals surface area (Å²) >= 11 is 1.33. The first-order valence-electron chi connectivity index (χ1n) is 8.48. The molecule has 7 nitrogen and oxygen atoms in total. The molecule has 1 atom stereocenters. The highest BCUT2D eigenvalue weighted by molar-refractivity contribution is 8.00. The van der Waals surface area contributed by atoms with E-state index in [1.807, 2.05) is 62.4 Å². The number of anilines is 1. The first-order chi connectivity index (χ1) is 13.0. The highest BCUT2D eigenvalue weighted by Crippen LogP contribution is 2.23. The second kappa shape index (κ2) is 8.68. The van der Waals surface area contributed by atoms with Crippen molar-refractivity contribution < 1.29 is 9.53 Å². The number of methoxy groups -OCH3 is 1. The SMILES string of the molecule is COc1ccc(Cn2nnnc2SC(C)C(=O)Nc2cccc(C)c2)cc1. The van der Waals surface area contributed by atoms with Gasteiger partial charge in [-0.05, 0) is 59.7 Å². The van der Waals surface area contributed by atoms with Gasteiger partial charge >= 0.3 is 0 Å². The first kappa shape index (κ1) is 18.9. The van der Waals surface area contributed by atoms with Gasteiger partial charge in [-0.25, -0.2) is 4.68 Å². The zero-order chi connectivity index (χ0) is 19.2. The fraction of sp³-hybridized carbons (Fsp3) is 0.263. The van der Waals surface area contributed by atoms with Crippen molar-refractivity contribution in [3.8, 4) is 5.75 Å². The second-order valence-electron chi connectivity index (χ2n) is 6.09. The van der Waals surface area contributed by atoms with Crippen molar-refractivity contribution in [1.82, 2.24) is 20.2 Å². The number of hydrogen-bond acceptors (Lipinski definition) is 6. The molecule has 0 aliphatic carbocycles. The molecule has 1 amide bonds. The van der Waals surface area contributed by atoms with E-state index in [4.69, 9.17) is 4.74 Å². The van der Waals surface area contributed by atoms with Crippen molar-refractivity contribution >= 4 is 23.4 Å². The number of ether oxygens (including phenoxy) is 1. The lowest BCUT2D eigenvalue weighted by Crippen LogP contribution is -2.23. The van der Waals surface area contributed by atoms with Crippen LogP contribution >= 0.6 is 11.8 Å². The van der Waals surface area contributed by atoms with E-state index in [0.29, 0.717) is 11.7 Å². The number of carbonyl (C=O) groups is 1. The molecule has 0 aliphatic heterocycles. The maximum Gasteiger partial charge on any atom is 0.237 e. The van der Waals surface area contributed by atoms with E-state index >= 15 is 0 Å². The number of thioether (sulfide) groups is 1. The molecule has 27 heavy (non-hydrogen) atoms. The molecule has 3 aromatic rings. The summed E-state index contributed by atoms with van der Waals surface area (Å²) in [4.78, 5) is 12.5. The summed E-state index contributed by atoms with van der Waals surface area (Å²) in [6.45, 7) is 4.34. The van der Waals surface area contributed by atoms with E-state index in [2.05, 4.69) is 20.8 Å². The molecule has 0 fully saturated rings. The molecule has 0 saturated heterocycles. The fourth-order valence-electron chi connectivity index (χ4n) is 2.46. The zero-order valence-electron chi connectivity index (χ0n) is 15.4. The van der Waals surface area contributed by atoms with Gasteiger partial charge in [0.25, 0.3) is 0 Å². The van der Waals surface area contributed by atoms with Crippen LogP contribution in [0.4, 0.5) is 5.69 Å². The Morgan fingerprint density at radius 1 is 1.26 bits per heavy atom. The molecule has 0 saturated carbocycles. The lowest BCUT2D eigenvalue weighted by Gasteiger charge is -2.12.